The number of rotatable bonds is 3. The summed E-state index contributed by atoms with van der Waals surface area (Å²) < 4.78 is 4.76. The van der Waals surface area contributed by atoms with E-state index in [9.17, 15) is 9.90 Å². The third-order valence-corrected chi connectivity index (χ3v) is 3.66. The molecule has 0 spiro atoms. The maximum Gasteiger partial charge on any atom is 0.305 e. The van der Waals surface area contributed by atoms with Crippen molar-refractivity contribution in [3.63, 3.8) is 0 Å². The summed E-state index contributed by atoms with van der Waals surface area (Å²) in [4.78, 5) is 11.5. The number of methoxy groups -OCH3 is 1. The number of hydrogen-bond donors (Lipinski definition) is 1. The lowest BCUT2D eigenvalue weighted by atomic mass is 9.75. The van der Waals surface area contributed by atoms with Gasteiger partial charge in [-0.1, -0.05) is 41.5 Å². The minimum Gasteiger partial charge on any atom is -0.508 e. The third-order valence-electron chi connectivity index (χ3n) is 3.66. The molecule has 3 nitrogen and oxygen atoms in total. The van der Waals surface area contributed by atoms with E-state index < -0.39 is 0 Å². The van der Waals surface area contributed by atoms with Gasteiger partial charge in [-0.25, -0.2) is 0 Å². The van der Waals surface area contributed by atoms with Crippen LogP contribution in [0.2, 0.25) is 0 Å². The maximum atomic E-state index is 11.5. The summed E-state index contributed by atoms with van der Waals surface area (Å²) >= 11 is 0. The highest BCUT2D eigenvalue weighted by Crippen LogP contribution is 2.37. The van der Waals surface area contributed by atoms with Crippen molar-refractivity contribution in [1.82, 2.24) is 0 Å². The fraction of sp³-hybridized carbons (Fsp3) is 0.611. The largest absolute Gasteiger partial charge is 0.508 e. The minimum atomic E-state index is -0.206. The van der Waals surface area contributed by atoms with Gasteiger partial charge in [0.15, 0.2) is 0 Å². The van der Waals surface area contributed by atoms with Gasteiger partial charge < -0.3 is 9.84 Å². The molecule has 118 valence electrons. The van der Waals surface area contributed by atoms with Crippen LogP contribution in [0, 0.1) is 0 Å². The molecule has 1 aromatic carbocycles. The smallest absolute Gasteiger partial charge is 0.305 e. The highest BCUT2D eigenvalue weighted by Gasteiger charge is 2.26. The fourth-order valence-corrected chi connectivity index (χ4v) is 2.59. The summed E-state index contributed by atoms with van der Waals surface area (Å²) in [6.45, 7) is 12.7. The lowest BCUT2D eigenvalue weighted by molar-refractivity contribution is -0.140. The van der Waals surface area contributed by atoms with Gasteiger partial charge in [0, 0.05) is 6.42 Å². The van der Waals surface area contributed by atoms with Crippen LogP contribution in [0.5, 0.6) is 5.75 Å². The molecule has 0 saturated heterocycles. The standard InChI is InChI=1S/C18H28O3/c1-17(2,3)14-10-12(19)11-15(18(4,5)6)13(14)8-9-16(20)21-7/h10-11,19H,8-9H2,1-7H3. The Morgan fingerprint density at radius 2 is 1.48 bits per heavy atom. The predicted molar refractivity (Wildman–Crippen MR) is 85.8 cm³/mol. The average molecular weight is 292 g/mol. The molecule has 3 heteroatoms. The average Bonchev–Trinajstić information content (AvgIpc) is 2.33. The van der Waals surface area contributed by atoms with Crippen molar-refractivity contribution in [2.75, 3.05) is 7.11 Å². The topological polar surface area (TPSA) is 46.5 Å². The fourth-order valence-electron chi connectivity index (χ4n) is 2.59. The third kappa shape index (κ3) is 4.48. The number of esters is 1. The van der Waals surface area contributed by atoms with Gasteiger partial charge in [0.2, 0.25) is 0 Å². The number of phenols is 1. The van der Waals surface area contributed by atoms with Gasteiger partial charge in [0.25, 0.3) is 0 Å². The van der Waals surface area contributed by atoms with E-state index >= 15 is 0 Å². The highest BCUT2D eigenvalue weighted by atomic mass is 16.5. The van der Waals surface area contributed by atoms with E-state index in [1.807, 2.05) is 12.1 Å². The number of benzene rings is 1. The monoisotopic (exact) mass is 292 g/mol. The van der Waals surface area contributed by atoms with Gasteiger partial charge in [0.1, 0.15) is 5.75 Å². The lowest BCUT2D eigenvalue weighted by Crippen LogP contribution is -2.21. The van der Waals surface area contributed by atoms with Crippen LogP contribution < -0.4 is 0 Å². The number of hydrogen-bond acceptors (Lipinski definition) is 3. The van der Waals surface area contributed by atoms with Crippen LogP contribution in [0.4, 0.5) is 0 Å². The zero-order chi connectivity index (χ0) is 16.4. The maximum absolute atomic E-state index is 11.5. The zero-order valence-electron chi connectivity index (χ0n) is 14.3. The van der Waals surface area contributed by atoms with Gasteiger partial charge in [-0.2, -0.15) is 0 Å². The molecule has 0 saturated carbocycles. The molecule has 0 atom stereocenters. The summed E-state index contributed by atoms with van der Waals surface area (Å²) in [6, 6.07) is 3.64. The van der Waals surface area contributed by atoms with Crippen molar-refractivity contribution in [2.24, 2.45) is 0 Å². The minimum absolute atomic E-state index is 0.0931. The van der Waals surface area contributed by atoms with Gasteiger partial charge in [0.05, 0.1) is 7.11 Å². The van der Waals surface area contributed by atoms with E-state index in [-0.39, 0.29) is 22.5 Å². The molecular formula is C18H28O3. The number of phenolic OH excluding ortho intramolecular Hbond substituents is 1. The van der Waals surface area contributed by atoms with Crippen LogP contribution in [0.25, 0.3) is 0 Å². The van der Waals surface area contributed by atoms with Crippen molar-refractivity contribution in [3.8, 4) is 5.75 Å². The van der Waals surface area contributed by atoms with E-state index in [0.29, 0.717) is 12.8 Å². The normalized spacial score (nSPS) is 12.3. The van der Waals surface area contributed by atoms with E-state index in [1.165, 1.54) is 7.11 Å². The van der Waals surface area contributed by atoms with Crippen LogP contribution in [0.15, 0.2) is 12.1 Å². The highest BCUT2D eigenvalue weighted by molar-refractivity contribution is 5.69. The molecule has 21 heavy (non-hydrogen) atoms. The Hall–Kier alpha value is -1.51. The Bertz CT molecular complexity index is 481. The summed E-state index contributed by atoms with van der Waals surface area (Å²) in [5.74, 6) is 0.0782. The Morgan fingerprint density at radius 1 is 1.05 bits per heavy atom. The SMILES string of the molecule is COC(=O)CCc1c(C(C)(C)C)cc(O)cc1C(C)(C)C. The molecular weight excluding hydrogens is 264 g/mol. The Morgan fingerprint density at radius 3 is 1.81 bits per heavy atom. The lowest BCUT2D eigenvalue weighted by Gasteiger charge is -2.30. The van der Waals surface area contributed by atoms with Gasteiger partial charge in [-0.15, -0.1) is 0 Å². The molecule has 0 bridgehead atoms. The van der Waals surface area contributed by atoms with Crippen LogP contribution in [0.1, 0.15) is 64.7 Å². The van der Waals surface area contributed by atoms with E-state index in [2.05, 4.69) is 41.5 Å². The van der Waals surface area contributed by atoms with Crippen molar-refractivity contribution < 1.29 is 14.6 Å². The Kier molecular flexibility index (Phi) is 5.08. The number of carbonyl (C=O) groups excluding carboxylic acids is 1. The molecule has 1 aromatic rings. The Balaban J connectivity index is 3.43. The molecule has 0 aliphatic heterocycles. The number of ether oxygens (including phenoxy) is 1. The second kappa shape index (κ2) is 6.08. The molecule has 0 heterocycles. The quantitative estimate of drug-likeness (QED) is 0.853. The molecule has 0 amide bonds. The van der Waals surface area contributed by atoms with Crippen LogP contribution in [-0.4, -0.2) is 18.2 Å². The number of carbonyl (C=O) groups is 1. The van der Waals surface area contributed by atoms with Gasteiger partial charge in [-0.05, 0) is 46.1 Å². The first kappa shape index (κ1) is 17.5. The molecule has 0 aliphatic carbocycles. The molecule has 1 rings (SSSR count). The first-order valence-electron chi connectivity index (χ1n) is 7.40. The molecule has 0 aliphatic rings. The summed E-state index contributed by atoms with van der Waals surface area (Å²) in [6.07, 6.45) is 0.986. The summed E-state index contributed by atoms with van der Waals surface area (Å²) in [5.41, 5.74) is 3.15. The Labute approximate surface area is 128 Å². The molecule has 0 unspecified atom stereocenters. The molecule has 1 N–H and O–H groups in total. The van der Waals surface area contributed by atoms with Gasteiger partial charge in [-0.3, -0.25) is 4.79 Å². The van der Waals surface area contributed by atoms with Crippen molar-refractivity contribution in [1.29, 1.82) is 0 Å². The molecule has 0 fully saturated rings. The van der Waals surface area contributed by atoms with Crippen LogP contribution in [-0.2, 0) is 26.8 Å². The van der Waals surface area contributed by atoms with E-state index in [1.54, 1.807) is 0 Å². The van der Waals surface area contributed by atoms with Crippen LogP contribution in [0.3, 0.4) is 0 Å². The first-order chi connectivity index (χ1) is 9.46. The summed E-state index contributed by atoms with van der Waals surface area (Å²) in [5, 5.41) is 10.1. The second-order valence-electron chi connectivity index (χ2n) is 7.60. The van der Waals surface area contributed by atoms with Crippen LogP contribution >= 0.6 is 0 Å². The first-order valence-corrected chi connectivity index (χ1v) is 7.40. The van der Waals surface area contributed by atoms with Crippen molar-refractivity contribution in [3.05, 3.63) is 28.8 Å². The second-order valence-corrected chi connectivity index (χ2v) is 7.60. The summed E-state index contributed by atoms with van der Waals surface area (Å²) in [7, 11) is 1.41. The van der Waals surface area contributed by atoms with E-state index in [4.69, 9.17) is 4.74 Å². The van der Waals surface area contributed by atoms with Gasteiger partial charge >= 0.3 is 5.97 Å². The predicted octanol–water partition coefficient (Wildman–Crippen LogP) is 4.09. The number of aromatic hydroxyl groups is 1. The van der Waals surface area contributed by atoms with Crippen molar-refractivity contribution in [2.45, 2.75) is 65.2 Å². The van der Waals surface area contributed by atoms with E-state index in [0.717, 1.165) is 16.7 Å². The molecule has 0 aromatic heterocycles. The zero-order valence-corrected chi connectivity index (χ0v) is 14.3. The molecule has 0 radical (unpaired) electrons. The van der Waals surface area contributed by atoms with Crippen molar-refractivity contribution >= 4 is 5.97 Å².